The van der Waals surface area contributed by atoms with Crippen LogP contribution in [0.15, 0.2) is 66.7 Å². The molecule has 2 amide bonds. The van der Waals surface area contributed by atoms with E-state index in [2.05, 4.69) is 5.32 Å². The van der Waals surface area contributed by atoms with Crippen LogP contribution in [0.4, 0.5) is 5.69 Å². The van der Waals surface area contributed by atoms with Crippen molar-refractivity contribution >= 4 is 17.5 Å². The van der Waals surface area contributed by atoms with Crippen LogP contribution in [0.3, 0.4) is 0 Å². The fourth-order valence-electron chi connectivity index (χ4n) is 3.98. The van der Waals surface area contributed by atoms with E-state index in [1.807, 2.05) is 54.6 Å². The van der Waals surface area contributed by atoms with Crippen LogP contribution in [0.25, 0.3) is 0 Å². The molecule has 0 aromatic heterocycles. The second-order valence-electron chi connectivity index (χ2n) is 8.20. The fraction of sp³-hybridized carbons (Fsp3) is 0.259. The molecule has 34 heavy (non-hydrogen) atoms. The van der Waals surface area contributed by atoms with Crippen LogP contribution in [-0.2, 0) is 29.1 Å². The standard InChI is InChI=1S/C27H28N2O5/c1-18-27(31)29(16-20-7-5-9-24(13-20)33-3)17-21-15-22(10-11-25(21)34-18)28-26(30)14-19-6-4-8-23(12-19)32-2/h4-13,15,18H,14,16-17H2,1-3H3,(H,28,30)/t18-/m0/s1. The summed E-state index contributed by atoms with van der Waals surface area (Å²) in [5.41, 5.74) is 3.31. The quantitative estimate of drug-likeness (QED) is 0.572. The monoisotopic (exact) mass is 460 g/mol. The SMILES string of the molecule is COc1cccc(CC(=O)Nc2ccc3c(c2)CN(Cc2cccc(OC)c2)C(=O)[C@H](C)O3)c1. The van der Waals surface area contributed by atoms with Gasteiger partial charge in [-0.3, -0.25) is 9.59 Å². The van der Waals surface area contributed by atoms with Gasteiger partial charge in [-0.2, -0.15) is 0 Å². The third-order valence-electron chi connectivity index (χ3n) is 5.68. The second kappa shape index (κ2) is 10.3. The van der Waals surface area contributed by atoms with E-state index in [1.54, 1.807) is 38.2 Å². The minimum Gasteiger partial charge on any atom is -0.497 e. The van der Waals surface area contributed by atoms with Crippen molar-refractivity contribution in [1.29, 1.82) is 0 Å². The topological polar surface area (TPSA) is 77.1 Å². The molecule has 7 nitrogen and oxygen atoms in total. The van der Waals surface area contributed by atoms with Gasteiger partial charge >= 0.3 is 0 Å². The van der Waals surface area contributed by atoms with Gasteiger partial charge in [0.05, 0.1) is 20.6 Å². The van der Waals surface area contributed by atoms with Crippen molar-refractivity contribution in [3.8, 4) is 17.2 Å². The lowest BCUT2D eigenvalue weighted by Gasteiger charge is -2.22. The third-order valence-corrected chi connectivity index (χ3v) is 5.68. The average Bonchev–Trinajstić information content (AvgIpc) is 2.95. The predicted molar refractivity (Wildman–Crippen MR) is 129 cm³/mol. The molecule has 0 saturated heterocycles. The van der Waals surface area contributed by atoms with Crippen molar-refractivity contribution in [2.24, 2.45) is 0 Å². The number of fused-ring (bicyclic) bond motifs is 1. The summed E-state index contributed by atoms with van der Waals surface area (Å²) in [6, 6.07) is 20.5. The first-order chi connectivity index (χ1) is 16.4. The number of hydrogen-bond donors (Lipinski definition) is 1. The van der Waals surface area contributed by atoms with Crippen LogP contribution in [0.2, 0.25) is 0 Å². The highest BCUT2D eigenvalue weighted by molar-refractivity contribution is 5.92. The van der Waals surface area contributed by atoms with Crippen LogP contribution < -0.4 is 19.5 Å². The highest BCUT2D eigenvalue weighted by atomic mass is 16.5. The van der Waals surface area contributed by atoms with Crippen molar-refractivity contribution in [1.82, 2.24) is 4.90 Å². The number of carbonyl (C=O) groups is 2. The van der Waals surface area contributed by atoms with Crippen molar-refractivity contribution in [3.63, 3.8) is 0 Å². The molecule has 176 valence electrons. The average molecular weight is 461 g/mol. The molecule has 1 aliphatic rings. The Kier molecular flexibility index (Phi) is 7.01. The summed E-state index contributed by atoms with van der Waals surface area (Å²) in [4.78, 5) is 27.4. The van der Waals surface area contributed by atoms with E-state index in [4.69, 9.17) is 14.2 Å². The largest absolute Gasteiger partial charge is 0.497 e. The van der Waals surface area contributed by atoms with Gasteiger partial charge in [-0.05, 0) is 60.5 Å². The Morgan fingerprint density at radius 3 is 2.38 bits per heavy atom. The van der Waals surface area contributed by atoms with Crippen LogP contribution in [0.5, 0.6) is 17.2 Å². The van der Waals surface area contributed by atoms with Crippen LogP contribution in [-0.4, -0.2) is 37.0 Å². The third kappa shape index (κ3) is 5.49. The molecule has 1 N–H and O–H groups in total. The summed E-state index contributed by atoms with van der Waals surface area (Å²) < 4.78 is 16.5. The Labute approximate surface area is 199 Å². The van der Waals surface area contributed by atoms with E-state index in [1.165, 1.54) is 0 Å². The van der Waals surface area contributed by atoms with Crippen molar-refractivity contribution in [3.05, 3.63) is 83.4 Å². The number of carbonyl (C=O) groups excluding carboxylic acids is 2. The lowest BCUT2D eigenvalue weighted by Crippen LogP contribution is -2.37. The Hall–Kier alpha value is -4.00. The molecule has 1 aliphatic heterocycles. The molecular weight excluding hydrogens is 432 g/mol. The Morgan fingerprint density at radius 2 is 1.68 bits per heavy atom. The molecule has 3 aromatic carbocycles. The molecule has 4 rings (SSSR count). The maximum atomic E-state index is 13.0. The van der Waals surface area contributed by atoms with Crippen molar-refractivity contribution in [2.75, 3.05) is 19.5 Å². The zero-order chi connectivity index (χ0) is 24.1. The van der Waals surface area contributed by atoms with Gasteiger partial charge in [-0.25, -0.2) is 0 Å². The van der Waals surface area contributed by atoms with Crippen LogP contribution in [0, 0.1) is 0 Å². The fourth-order valence-corrected chi connectivity index (χ4v) is 3.98. The molecule has 0 unspecified atom stereocenters. The summed E-state index contributed by atoms with van der Waals surface area (Å²) in [6.07, 6.45) is -0.386. The minimum atomic E-state index is -0.611. The van der Waals surface area contributed by atoms with Gasteiger partial charge in [0.1, 0.15) is 17.2 Å². The number of anilines is 1. The summed E-state index contributed by atoms with van der Waals surface area (Å²) in [5.74, 6) is 1.86. The number of benzene rings is 3. The van der Waals surface area contributed by atoms with E-state index < -0.39 is 6.10 Å². The number of nitrogens with one attached hydrogen (secondary N) is 1. The van der Waals surface area contributed by atoms with E-state index >= 15 is 0 Å². The first-order valence-corrected chi connectivity index (χ1v) is 11.1. The normalized spacial score (nSPS) is 15.1. The van der Waals surface area contributed by atoms with E-state index in [-0.39, 0.29) is 18.2 Å². The molecule has 0 fully saturated rings. The number of methoxy groups -OCH3 is 2. The summed E-state index contributed by atoms with van der Waals surface area (Å²) in [7, 11) is 3.21. The van der Waals surface area contributed by atoms with Gasteiger partial charge in [0.15, 0.2) is 6.10 Å². The molecule has 0 aliphatic carbocycles. The zero-order valence-electron chi connectivity index (χ0n) is 19.5. The molecule has 0 bridgehead atoms. The van der Waals surface area contributed by atoms with Crippen molar-refractivity contribution in [2.45, 2.75) is 32.5 Å². The molecule has 3 aromatic rings. The molecule has 0 spiro atoms. The lowest BCUT2D eigenvalue weighted by molar-refractivity contribution is -0.138. The van der Waals surface area contributed by atoms with Gasteiger partial charge in [0, 0.05) is 24.3 Å². The number of rotatable bonds is 7. The van der Waals surface area contributed by atoms with Gasteiger partial charge in [0.2, 0.25) is 5.91 Å². The predicted octanol–water partition coefficient (Wildman–Crippen LogP) is 4.19. The maximum absolute atomic E-state index is 13.0. The van der Waals surface area contributed by atoms with Gasteiger partial charge in [-0.1, -0.05) is 24.3 Å². The van der Waals surface area contributed by atoms with E-state index in [0.717, 1.165) is 22.4 Å². The summed E-state index contributed by atoms with van der Waals surface area (Å²) >= 11 is 0. The van der Waals surface area contributed by atoms with Gasteiger partial charge in [-0.15, -0.1) is 0 Å². The van der Waals surface area contributed by atoms with E-state index in [0.29, 0.717) is 30.3 Å². The molecule has 1 heterocycles. The lowest BCUT2D eigenvalue weighted by atomic mass is 10.1. The number of amides is 2. The number of hydrogen-bond acceptors (Lipinski definition) is 5. The van der Waals surface area contributed by atoms with Crippen LogP contribution >= 0.6 is 0 Å². The molecular formula is C27H28N2O5. The highest BCUT2D eigenvalue weighted by Gasteiger charge is 2.28. The maximum Gasteiger partial charge on any atom is 0.263 e. The first kappa shape index (κ1) is 23.2. The Bertz CT molecular complexity index is 1190. The smallest absolute Gasteiger partial charge is 0.263 e. The van der Waals surface area contributed by atoms with Gasteiger partial charge < -0.3 is 24.4 Å². The highest BCUT2D eigenvalue weighted by Crippen LogP contribution is 2.30. The number of nitrogens with zero attached hydrogens (tertiary/aromatic N) is 1. The minimum absolute atomic E-state index is 0.0948. The summed E-state index contributed by atoms with van der Waals surface area (Å²) in [6.45, 7) is 2.55. The molecule has 0 radical (unpaired) electrons. The molecule has 0 saturated carbocycles. The van der Waals surface area contributed by atoms with Crippen LogP contribution in [0.1, 0.15) is 23.6 Å². The second-order valence-corrected chi connectivity index (χ2v) is 8.20. The Morgan fingerprint density at radius 1 is 1.00 bits per heavy atom. The zero-order valence-corrected chi connectivity index (χ0v) is 19.5. The van der Waals surface area contributed by atoms with Crippen molar-refractivity contribution < 1.29 is 23.8 Å². The molecule has 7 heteroatoms. The first-order valence-electron chi connectivity index (χ1n) is 11.1. The van der Waals surface area contributed by atoms with E-state index in [9.17, 15) is 9.59 Å². The van der Waals surface area contributed by atoms with Gasteiger partial charge in [0.25, 0.3) is 5.91 Å². The summed E-state index contributed by atoms with van der Waals surface area (Å²) in [5, 5.41) is 2.95. The Balaban J connectivity index is 1.50. The number of ether oxygens (including phenoxy) is 3. The molecule has 1 atom stereocenters.